The summed E-state index contributed by atoms with van der Waals surface area (Å²) in [4.78, 5) is 52.6. The third kappa shape index (κ3) is 3.58. The van der Waals surface area contributed by atoms with Crippen molar-refractivity contribution in [2.45, 2.75) is 32.4 Å². The van der Waals surface area contributed by atoms with Crippen molar-refractivity contribution in [1.29, 1.82) is 0 Å². The minimum atomic E-state index is -1.03. The molecule has 0 radical (unpaired) electrons. The zero-order chi connectivity index (χ0) is 21.3. The molecule has 2 aliphatic heterocycles. The number of hydrogen-bond donors (Lipinski definition) is 0. The molecule has 3 amide bonds. The summed E-state index contributed by atoms with van der Waals surface area (Å²) in [6.45, 7) is 3.04. The van der Waals surface area contributed by atoms with Gasteiger partial charge in [0.2, 0.25) is 0 Å². The van der Waals surface area contributed by atoms with Crippen LogP contribution in [-0.4, -0.2) is 52.6 Å². The highest BCUT2D eigenvalue weighted by Crippen LogP contribution is 2.25. The highest BCUT2D eigenvalue weighted by atomic mass is 16.5. The van der Waals surface area contributed by atoms with E-state index in [9.17, 15) is 19.2 Å². The van der Waals surface area contributed by atoms with Gasteiger partial charge in [-0.2, -0.15) is 0 Å². The number of rotatable bonds is 5. The summed E-state index contributed by atoms with van der Waals surface area (Å²) in [5.41, 5.74) is 1.91. The lowest BCUT2D eigenvalue weighted by Crippen LogP contribution is -2.43. The lowest BCUT2D eigenvalue weighted by atomic mass is 10.1. The van der Waals surface area contributed by atoms with Gasteiger partial charge in [-0.1, -0.05) is 24.3 Å². The number of benzene rings is 2. The molecule has 30 heavy (non-hydrogen) atoms. The van der Waals surface area contributed by atoms with E-state index in [1.54, 1.807) is 48.5 Å². The van der Waals surface area contributed by atoms with Crippen LogP contribution in [0.2, 0.25) is 0 Å². The van der Waals surface area contributed by atoms with Crippen LogP contribution >= 0.6 is 0 Å². The maximum atomic E-state index is 12.5. The van der Waals surface area contributed by atoms with E-state index in [-0.39, 0.29) is 12.5 Å². The number of esters is 1. The summed E-state index contributed by atoms with van der Waals surface area (Å²) >= 11 is 0. The Labute approximate surface area is 174 Å². The van der Waals surface area contributed by atoms with Crippen LogP contribution in [0.1, 0.15) is 56.4 Å². The third-order valence-corrected chi connectivity index (χ3v) is 5.53. The third-order valence-electron chi connectivity index (χ3n) is 5.53. The standard InChI is InChI=1S/C23H22N2O5/c1-15(25-21(27)18-6-2-3-7-19(18)22(25)28)23(29)30-14-16-8-10-17(11-9-16)20(26)24-12-4-5-13-24/h2-3,6-11,15H,4-5,12-14H2,1H3/t15-/m0/s1. The summed E-state index contributed by atoms with van der Waals surface area (Å²) < 4.78 is 5.32. The van der Waals surface area contributed by atoms with Crippen LogP contribution in [0.5, 0.6) is 0 Å². The average molecular weight is 406 g/mol. The molecular formula is C23H22N2O5. The molecule has 4 rings (SSSR count). The van der Waals surface area contributed by atoms with E-state index in [1.165, 1.54) is 6.92 Å². The molecule has 0 bridgehead atoms. The summed E-state index contributed by atoms with van der Waals surface area (Å²) in [7, 11) is 0. The molecule has 0 aromatic heterocycles. The van der Waals surface area contributed by atoms with E-state index < -0.39 is 23.8 Å². The number of likely N-dealkylation sites (tertiary alicyclic amines) is 1. The molecule has 1 saturated heterocycles. The Morgan fingerprint density at radius 1 is 0.933 bits per heavy atom. The van der Waals surface area contributed by atoms with E-state index >= 15 is 0 Å². The van der Waals surface area contributed by atoms with Crippen LogP contribution in [-0.2, 0) is 16.1 Å². The number of nitrogens with zero attached hydrogens (tertiary/aromatic N) is 2. The lowest BCUT2D eigenvalue weighted by molar-refractivity contribution is -0.149. The highest BCUT2D eigenvalue weighted by molar-refractivity contribution is 6.22. The molecule has 154 valence electrons. The molecule has 0 unspecified atom stereocenters. The highest BCUT2D eigenvalue weighted by Gasteiger charge is 2.41. The first-order chi connectivity index (χ1) is 14.5. The Morgan fingerprint density at radius 2 is 1.50 bits per heavy atom. The van der Waals surface area contributed by atoms with Crippen molar-refractivity contribution in [3.8, 4) is 0 Å². The molecular weight excluding hydrogens is 384 g/mol. The summed E-state index contributed by atoms with van der Waals surface area (Å²) in [6.07, 6.45) is 2.07. The summed E-state index contributed by atoms with van der Waals surface area (Å²) in [5.74, 6) is -1.65. The number of imide groups is 1. The van der Waals surface area contributed by atoms with E-state index in [1.807, 2.05) is 4.90 Å². The molecule has 1 fully saturated rings. The van der Waals surface area contributed by atoms with E-state index in [0.29, 0.717) is 16.7 Å². The second kappa shape index (κ2) is 8.10. The number of ether oxygens (including phenoxy) is 1. The van der Waals surface area contributed by atoms with Crippen LogP contribution in [0, 0.1) is 0 Å². The molecule has 0 N–H and O–H groups in total. The van der Waals surface area contributed by atoms with Crippen molar-refractivity contribution in [2.24, 2.45) is 0 Å². The van der Waals surface area contributed by atoms with Crippen molar-refractivity contribution in [3.05, 3.63) is 70.8 Å². The van der Waals surface area contributed by atoms with Gasteiger partial charge in [0.05, 0.1) is 11.1 Å². The van der Waals surface area contributed by atoms with Crippen LogP contribution in [0.4, 0.5) is 0 Å². The predicted molar refractivity (Wildman–Crippen MR) is 108 cm³/mol. The fourth-order valence-electron chi connectivity index (χ4n) is 3.79. The van der Waals surface area contributed by atoms with Gasteiger partial charge in [0.15, 0.2) is 0 Å². The number of hydrogen-bond acceptors (Lipinski definition) is 5. The molecule has 2 heterocycles. The van der Waals surface area contributed by atoms with Crippen molar-refractivity contribution in [1.82, 2.24) is 9.80 Å². The Morgan fingerprint density at radius 3 is 2.07 bits per heavy atom. The van der Waals surface area contributed by atoms with Crippen LogP contribution in [0.3, 0.4) is 0 Å². The monoisotopic (exact) mass is 406 g/mol. The van der Waals surface area contributed by atoms with Gasteiger partial charge in [-0.05, 0) is 49.6 Å². The second-order valence-corrected chi connectivity index (χ2v) is 7.51. The molecule has 0 spiro atoms. The van der Waals surface area contributed by atoms with Crippen LogP contribution in [0.15, 0.2) is 48.5 Å². The van der Waals surface area contributed by atoms with E-state index in [0.717, 1.165) is 36.4 Å². The zero-order valence-corrected chi connectivity index (χ0v) is 16.7. The van der Waals surface area contributed by atoms with Crippen LogP contribution < -0.4 is 0 Å². The number of amides is 3. The first-order valence-electron chi connectivity index (χ1n) is 9.99. The van der Waals surface area contributed by atoms with Crippen molar-refractivity contribution >= 4 is 23.7 Å². The molecule has 0 saturated carbocycles. The molecule has 1 atom stereocenters. The first-order valence-corrected chi connectivity index (χ1v) is 9.99. The average Bonchev–Trinajstić information content (AvgIpc) is 3.39. The van der Waals surface area contributed by atoms with Gasteiger partial charge in [0, 0.05) is 18.7 Å². The summed E-state index contributed by atoms with van der Waals surface area (Å²) in [5, 5.41) is 0. The maximum absolute atomic E-state index is 12.5. The second-order valence-electron chi connectivity index (χ2n) is 7.51. The Bertz CT molecular complexity index is 974. The fourth-order valence-corrected chi connectivity index (χ4v) is 3.79. The lowest BCUT2D eigenvalue weighted by Gasteiger charge is -2.21. The van der Waals surface area contributed by atoms with Gasteiger partial charge in [0.1, 0.15) is 12.6 Å². The van der Waals surface area contributed by atoms with Gasteiger partial charge in [-0.3, -0.25) is 19.3 Å². The van der Waals surface area contributed by atoms with Crippen LogP contribution in [0.25, 0.3) is 0 Å². The van der Waals surface area contributed by atoms with Gasteiger partial charge in [0.25, 0.3) is 17.7 Å². The molecule has 2 aliphatic rings. The first kappa shape index (κ1) is 19.8. The Balaban J connectivity index is 1.36. The van der Waals surface area contributed by atoms with Crippen molar-refractivity contribution in [2.75, 3.05) is 13.1 Å². The minimum absolute atomic E-state index is 0.00940. The van der Waals surface area contributed by atoms with Gasteiger partial charge in [-0.15, -0.1) is 0 Å². The molecule has 7 heteroatoms. The van der Waals surface area contributed by atoms with Crippen molar-refractivity contribution < 1.29 is 23.9 Å². The maximum Gasteiger partial charge on any atom is 0.329 e. The topological polar surface area (TPSA) is 84.0 Å². The Kier molecular flexibility index (Phi) is 5.35. The normalized spacial score (nSPS) is 16.6. The smallest absolute Gasteiger partial charge is 0.329 e. The van der Waals surface area contributed by atoms with E-state index in [2.05, 4.69) is 0 Å². The van der Waals surface area contributed by atoms with Gasteiger partial charge >= 0.3 is 5.97 Å². The van der Waals surface area contributed by atoms with Gasteiger partial charge < -0.3 is 9.64 Å². The zero-order valence-electron chi connectivity index (χ0n) is 16.7. The number of carbonyl (C=O) groups is 4. The number of carbonyl (C=O) groups excluding carboxylic acids is 4. The van der Waals surface area contributed by atoms with Crippen molar-refractivity contribution in [3.63, 3.8) is 0 Å². The quantitative estimate of drug-likeness (QED) is 0.563. The largest absolute Gasteiger partial charge is 0.459 e. The summed E-state index contributed by atoms with van der Waals surface area (Å²) in [6, 6.07) is 12.4. The molecule has 2 aromatic rings. The fraction of sp³-hybridized carbons (Fsp3) is 0.304. The molecule has 0 aliphatic carbocycles. The van der Waals surface area contributed by atoms with E-state index in [4.69, 9.17) is 4.74 Å². The predicted octanol–water partition coefficient (Wildman–Crippen LogP) is 2.65. The van der Waals surface area contributed by atoms with Gasteiger partial charge in [-0.25, -0.2) is 4.79 Å². The Hall–Kier alpha value is -3.48. The SMILES string of the molecule is C[C@@H](C(=O)OCc1ccc(C(=O)N2CCCC2)cc1)N1C(=O)c2ccccc2C1=O. The minimum Gasteiger partial charge on any atom is -0.459 e. The molecule has 2 aromatic carbocycles. The molecule has 7 nitrogen and oxygen atoms in total. The number of fused-ring (bicyclic) bond motifs is 1.